The Hall–Kier alpha value is -3.92. The first-order valence-electron chi connectivity index (χ1n) is 9.52. The van der Waals surface area contributed by atoms with Crippen LogP contribution in [0.15, 0.2) is 95.2 Å². The molecule has 0 bridgehead atoms. The van der Waals surface area contributed by atoms with Gasteiger partial charge in [0.1, 0.15) is 0 Å². The topological polar surface area (TPSA) is 50.5 Å². The molecule has 0 saturated heterocycles. The zero-order valence-electron chi connectivity index (χ0n) is 15.7. The van der Waals surface area contributed by atoms with Crippen molar-refractivity contribution in [3.05, 3.63) is 108 Å². The van der Waals surface area contributed by atoms with Crippen molar-refractivity contribution >= 4 is 23.8 Å². The summed E-state index contributed by atoms with van der Waals surface area (Å²) in [6.45, 7) is 0. The van der Waals surface area contributed by atoms with E-state index in [-0.39, 0.29) is 0 Å². The molecule has 5 rings (SSSR count). The molecule has 0 N–H and O–H groups in total. The maximum absolute atomic E-state index is 4.58. The van der Waals surface area contributed by atoms with Crippen LogP contribution in [0.5, 0.6) is 0 Å². The third-order valence-corrected chi connectivity index (χ3v) is 4.92. The van der Waals surface area contributed by atoms with Crippen LogP contribution in [0, 0.1) is 0 Å². The number of aromatic nitrogens is 2. The van der Waals surface area contributed by atoms with E-state index in [4.69, 9.17) is 0 Å². The van der Waals surface area contributed by atoms with Gasteiger partial charge in [-0.15, -0.1) is 0 Å². The van der Waals surface area contributed by atoms with Crippen molar-refractivity contribution in [2.75, 3.05) is 0 Å². The van der Waals surface area contributed by atoms with Crippen LogP contribution in [0.2, 0.25) is 0 Å². The van der Waals surface area contributed by atoms with E-state index in [0.29, 0.717) is 0 Å². The normalized spacial score (nSPS) is 12.4. The Balaban J connectivity index is 1.37. The summed E-state index contributed by atoms with van der Waals surface area (Å²) >= 11 is 0. The van der Waals surface area contributed by atoms with E-state index in [1.54, 1.807) is 24.8 Å². The number of hydrogen-bond acceptors (Lipinski definition) is 4. The number of fused-ring (bicyclic) bond motifs is 3. The Bertz CT molecular complexity index is 1120. The van der Waals surface area contributed by atoms with E-state index in [1.165, 1.54) is 22.3 Å². The first-order chi connectivity index (χ1) is 14.3. The van der Waals surface area contributed by atoms with Crippen molar-refractivity contribution in [3.8, 4) is 11.1 Å². The summed E-state index contributed by atoms with van der Waals surface area (Å²) in [5.41, 5.74) is 8.72. The molecule has 1 aliphatic rings. The third kappa shape index (κ3) is 3.73. The van der Waals surface area contributed by atoms with Crippen LogP contribution in [0.3, 0.4) is 0 Å². The lowest BCUT2D eigenvalue weighted by Crippen LogP contribution is -1.85. The molecule has 2 aromatic heterocycles. The second kappa shape index (κ2) is 7.60. The largest absolute Gasteiger partial charge is 0.255 e. The van der Waals surface area contributed by atoms with Crippen LogP contribution in [0.4, 0.5) is 11.4 Å². The van der Waals surface area contributed by atoms with Gasteiger partial charge in [-0.1, -0.05) is 24.3 Å². The van der Waals surface area contributed by atoms with Gasteiger partial charge in [0, 0.05) is 12.4 Å². The first-order valence-corrected chi connectivity index (χ1v) is 9.52. The Morgan fingerprint density at radius 1 is 0.621 bits per heavy atom. The Morgan fingerprint density at radius 2 is 1.14 bits per heavy atom. The third-order valence-electron chi connectivity index (χ3n) is 4.92. The molecule has 2 heterocycles. The highest BCUT2D eigenvalue weighted by atomic mass is 14.8. The Kier molecular flexibility index (Phi) is 4.51. The maximum Gasteiger partial charge on any atom is 0.0812 e. The van der Waals surface area contributed by atoms with Crippen molar-refractivity contribution in [1.29, 1.82) is 0 Å². The number of benzene rings is 2. The van der Waals surface area contributed by atoms with E-state index < -0.39 is 0 Å². The van der Waals surface area contributed by atoms with Crippen molar-refractivity contribution < 1.29 is 0 Å². The smallest absolute Gasteiger partial charge is 0.0812 e. The minimum atomic E-state index is 0.853. The number of rotatable bonds is 4. The van der Waals surface area contributed by atoms with Crippen molar-refractivity contribution in [2.45, 2.75) is 6.42 Å². The molecule has 0 aliphatic heterocycles. The highest BCUT2D eigenvalue weighted by Gasteiger charge is 2.18. The van der Waals surface area contributed by atoms with Crippen molar-refractivity contribution in [3.63, 3.8) is 0 Å². The molecule has 2 aromatic carbocycles. The SMILES string of the molecule is C(=Nc1ccc2c(c1)Cc1cc(N=Cc3ccccn3)ccc1-2)c1ccccn1. The predicted octanol–water partition coefficient (Wildman–Crippen LogP) is 5.55. The Labute approximate surface area is 169 Å². The summed E-state index contributed by atoms with van der Waals surface area (Å²) in [4.78, 5) is 17.7. The molecular formula is C25H18N4. The molecule has 0 spiro atoms. The van der Waals surface area contributed by atoms with Gasteiger partial charge in [0.15, 0.2) is 0 Å². The van der Waals surface area contributed by atoms with Crippen molar-refractivity contribution in [1.82, 2.24) is 9.97 Å². The lowest BCUT2D eigenvalue weighted by Gasteiger charge is -2.02. The van der Waals surface area contributed by atoms with E-state index >= 15 is 0 Å². The lowest BCUT2D eigenvalue weighted by molar-refractivity contribution is 1.25. The van der Waals surface area contributed by atoms with Gasteiger partial charge in [-0.25, -0.2) is 0 Å². The van der Waals surface area contributed by atoms with Gasteiger partial charge in [-0.3, -0.25) is 20.0 Å². The highest BCUT2D eigenvalue weighted by molar-refractivity contribution is 5.84. The molecule has 0 unspecified atom stereocenters. The first kappa shape index (κ1) is 17.2. The zero-order valence-corrected chi connectivity index (χ0v) is 15.7. The molecule has 29 heavy (non-hydrogen) atoms. The summed E-state index contributed by atoms with van der Waals surface area (Å²) < 4.78 is 0. The molecule has 0 atom stereocenters. The molecule has 0 saturated carbocycles. The molecule has 4 aromatic rings. The molecule has 0 fully saturated rings. The molecule has 4 heteroatoms. The number of hydrogen-bond donors (Lipinski definition) is 0. The second-order valence-electron chi connectivity index (χ2n) is 6.89. The molecule has 0 radical (unpaired) electrons. The molecule has 138 valence electrons. The number of aliphatic imine (C=N–C) groups is 2. The van der Waals surface area contributed by atoms with Crippen LogP contribution in [0.25, 0.3) is 11.1 Å². The van der Waals surface area contributed by atoms with Gasteiger partial charge in [0.2, 0.25) is 0 Å². The number of nitrogens with zero attached hydrogens (tertiary/aromatic N) is 4. The monoisotopic (exact) mass is 374 g/mol. The highest BCUT2D eigenvalue weighted by Crippen LogP contribution is 2.39. The average molecular weight is 374 g/mol. The Morgan fingerprint density at radius 3 is 1.59 bits per heavy atom. The van der Waals surface area contributed by atoms with Crippen molar-refractivity contribution in [2.24, 2.45) is 9.98 Å². The van der Waals surface area contributed by atoms with Crippen LogP contribution in [-0.2, 0) is 6.42 Å². The minimum Gasteiger partial charge on any atom is -0.255 e. The fourth-order valence-electron chi connectivity index (χ4n) is 3.53. The van der Waals surface area contributed by atoms with E-state index in [0.717, 1.165) is 29.2 Å². The maximum atomic E-state index is 4.58. The second-order valence-corrected chi connectivity index (χ2v) is 6.89. The van der Waals surface area contributed by atoms with Gasteiger partial charge in [-0.2, -0.15) is 0 Å². The van der Waals surface area contributed by atoms with Crippen LogP contribution < -0.4 is 0 Å². The van der Waals surface area contributed by atoms with Gasteiger partial charge >= 0.3 is 0 Å². The summed E-state index contributed by atoms with van der Waals surface area (Å²) in [5, 5.41) is 0. The number of pyridine rings is 2. The van der Waals surface area contributed by atoms with Gasteiger partial charge in [0.25, 0.3) is 0 Å². The van der Waals surface area contributed by atoms with E-state index in [9.17, 15) is 0 Å². The molecule has 1 aliphatic carbocycles. The summed E-state index contributed by atoms with van der Waals surface area (Å²) in [6, 6.07) is 24.4. The molecule has 0 amide bonds. The lowest BCUT2D eigenvalue weighted by atomic mass is 10.1. The molecule has 4 nitrogen and oxygen atoms in total. The van der Waals surface area contributed by atoms with Gasteiger partial charge in [-0.05, 0) is 77.2 Å². The van der Waals surface area contributed by atoms with Gasteiger partial charge < -0.3 is 0 Å². The van der Waals surface area contributed by atoms with Crippen LogP contribution in [-0.4, -0.2) is 22.4 Å². The average Bonchev–Trinajstić information content (AvgIpc) is 3.14. The minimum absolute atomic E-state index is 0.853. The summed E-state index contributed by atoms with van der Waals surface area (Å²) in [7, 11) is 0. The summed E-state index contributed by atoms with van der Waals surface area (Å²) in [6.07, 6.45) is 8.04. The van der Waals surface area contributed by atoms with E-state index in [2.05, 4.69) is 56.4 Å². The standard InChI is InChI=1S/C25H18N4/c1-3-11-26-22(5-1)16-28-20-7-9-24-18(14-20)13-19-15-21(8-10-25(19)24)29-17-23-6-2-4-12-27-23/h1-12,14-17H,13H2. The fraction of sp³-hybridized carbons (Fsp3) is 0.0400. The fourth-order valence-corrected chi connectivity index (χ4v) is 3.53. The zero-order chi connectivity index (χ0) is 19.5. The summed E-state index contributed by atoms with van der Waals surface area (Å²) in [5.74, 6) is 0. The quantitative estimate of drug-likeness (QED) is 0.387. The van der Waals surface area contributed by atoms with Gasteiger partial charge in [0.05, 0.1) is 35.2 Å². The van der Waals surface area contributed by atoms with Crippen LogP contribution in [0.1, 0.15) is 22.5 Å². The predicted molar refractivity (Wildman–Crippen MR) is 118 cm³/mol. The molecular weight excluding hydrogens is 356 g/mol. The van der Waals surface area contributed by atoms with E-state index in [1.807, 2.05) is 36.4 Å². The van der Waals surface area contributed by atoms with Crippen LogP contribution >= 0.6 is 0 Å².